The molecule has 0 spiro atoms. The Morgan fingerprint density at radius 1 is 1.38 bits per heavy atom. The molecule has 2 heterocycles. The highest BCUT2D eigenvalue weighted by Gasteiger charge is 2.54. The third-order valence-corrected chi connectivity index (χ3v) is 5.15. The molecule has 0 aromatic heterocycles. The smallest absolute Gasteiger partial charge is 0.0826 e. The molecule has 0 amide bonds. The fourth-order valence-electron chi connectivity index (χ4n) is 3.90. The Hall–Kier alpha value is -1.39. The number of nitrogens with one attached hydrogen (secondary N) is 1. The molecule has 4 heteroatoms. The maximum Gasteiger partial charge on any atom is 0.0826 e. The molecular weight excluding hydrogens is 264 g/mol. The van der Waals surface area contributed by atoms with Crippen LogP contribution in [0.3, 0.4) is 0 Å². The van der Waals surface area contributed by atoms with Crippen LogP contribution < -0.4 is 5.32 Å². The molecule has 2 fully saturated rings. The molecule has 2 aliphatic heterocycles. The molecule has 114 valence electrons. The first kappa shape index (κ1) is 14.5. The number of nitrogens with zero attached hydrogens (tertiary/aromatic N) is 1. The van der Waals surface area contributed by atoms with Gasteiger partial charge in [-0.2, -0.15) is 0 Å². The van der Waals surface area contributed by atoms with Crippen LogP contribution in [0.5, 0.6) is 0 Å². The molecule has 1 aromatic carbocycles. The summed E-state index contributed by atoms with van der Waals surface area (Å²) in [5.41, 5.74) is 2.08. The number of rotatable bonds is 4. The maximum atomic E-state index is 9.32. The second kappa shape index (κ2) is 6.16. The lowest BCUT2D eigenvalue weighted by Gasteiger charge is -2.54. The van der Waals surface area contributed by atoms with Crippen LogP contribution in [-0.2, 0) is 11.2 Å². The van der Waals surface area contributed by atoms with E-state index < -0.39 is 0 Å². The Kier molecular flexibility index (Phi) is 4.27. The zero-order chi connectivity index (χ0) is 14.7. The fourth-order valence-corrected chi connectivity index (χ4v) is 3.90. The van der Waals surface area contributed by atoms with Crippen molar-refractivity contribution in [1.82, 2.24) is 5.32 Å². The summed E-state index contributed by atoms with van der Waals surface area (Å²) in [5.74, 6) is 0.676. The largest absolute Gasteiger partial charge is 0.411 e. The molecule has 0 bridgehead atoms. The van der Waals surface area contributed by atoms with Crippen molar-refractivity contribution in [2.24, 2.45) is 17.0 Å². The minimum Gasteiger partial charge on any atom is -0.411 e. The van der Waals surface area contributed by atoms with E-state index in [9.17, 15) is 5.21 Å². The van der Waals surface area contributed by atoms with Crippen molar-refractivity contribution in [2.75, 3.05) is 19.7 Å². The Labute approximate surface area is 126 Å². The maximum absolute atomic E-state index is 9.32. The summed E-state index contributed by atoms with van der Waals surface area (Å²) in [6.07, 6.45) is 2.80. The number of hydrogen-bond acceptors (Lipinski definition) is 4. The van der Waals surface area contributed by atoms with Crippen molar-refractivity contribution in [3.8, 4) is 0 Å². The first-order valence-corrected chi connectivity index (χ1v) is 7.89. The van der Waals surface area contributed by atoms with E-state index in [-0.39, 0.29) is 11.5 Å². The Bertz CT molecular complexity index is 499. The third-order valence-electron chi connectivity index (χ3n) is 5.15. The van der Waals surface area contributed by atoms with Crippen LogP contribution in [-0.4, -0.2) is 36.2 Å². The van der Waals surface area contributed by atoms with E-state index >= 15 is 0 Å². The van der Waals surface area contributed by atoms with Crippen LogP contribution in [0.2, 0.25) is 0 Å². The Morgan fingerprint density at radius 3 is 2.81 bits per heavy atom. The normalized spacial score (nSPS) is 34.6. The molecule has 21 heavy (non-hydrogen) atoms. The molecule has 2 N–H and O–H groups in total. The lowest BCUT2D eigenvalue weighted by molar-refractivity contribution is -0.223. The first-order chi connectivity index (χ1) is 10.3. The van der Waals surface area contributed by atoms with E-state index in [4.69, 9.17) is 4.74 Å². The summed E-state index contributed by atoms with van der Waals surface area (Å²) in [7, 11) is 0. The van der Waals surface area contributed by atoms with E-state index in [0.717, 1.165) is 44.7 Å². The van der Waals surface area contributed by atoms with Gasteiger partial charge < -0.3 is 15.3 Å². The van der Waals surface area contributed by atoms with Gasteiger partial charge >= 0.3 is 0 Å². The molecule has 3 rings (SSSR count). The van der Waals surface area contributed by atoms with Crippen molar-refractivity contribution >= 4 is 5.71 Å². The first-order valence-electron chi connectivity index (χ1n) is 7.89. The van der Waals surface area contributed by atoms with Crippen molar-refractivity contribution in [3.63, 3.8) is 0 Å². The average Bonchev–Trinajstić information content (AvgIpc) is 2.54. The van der Waals surface area contributed by atoms with Gasteiger partial charge in [-0.05, 0) is 18.4 Å². The highest BCUT2D eigenvalue weighted by Crippen LogP contribution is 2.45. The molecular formula is C17H24N2O2. The summed E-state index contributed by atoms with van der Waals surface area (Å²) < 4.78 is 6.09. The molecule has 4 nitrogen and oxygen atoms in total. The van der Waals surface area contributed by atoms with Crippen LogP contribution in [0.1, 0.15) is 25.3 Å². The monoisotopic (exact) mass is 288 g/mol. The Balaban J connectivity index is 1.79. The number of oxime groups is 1. The average molecular weight is 288 g/mol. The van der Waals surface area contributed by atoms with Crippen LogP contribution >= 0.6 is 0 Å². The minimum atomic E-state index is -0.176. The topological polar surface area (TPSA) is 53.9 Å². The summed E-state index contributed by atoms with van der Waals surface area (Å²) in [6.45, 7) is 4.72. The number of benzene rings is 1. The number of ether oxygens (including phenoxy) is 1. The van der Waals surface area contributed by atoms with Crippen molar-refractivity contribution in [2.45, 2.75) is 31.8 Å². The molecule has 0 radical (unpaired) electrons. The van der Waals surface area contributed by atoms with E-state index in [2.05, 4.69) is 47.7 Å². The molecule has 3 atom stereocenters. The number of hydrogen-bond donors (Lipinski definition) is 2. The summed E-state index contributed by atoms with van der Waals surface area (Å²) in [4.78, 5) is 0. The highest BCUT2D eigenvalue weighted by atomic mass is 16.5. The fraction of sp³-hybridized carbons (Fsp3) is 0.588. The van der Waals surface area contributed by atoms with Crippen LogP contribution in [0.4, 0.5) is 0 Å². The van der Waals surface area contributed by atoms with Gasteiger partial charge in [0.15, 0.2) is 0 Å². The SMILES string of the molecule is CCC1(C2CNCCC2=NO)OCC1Cc1ccccc1. The van der Waals surface area contributed by atoms with Gasteiger partial charge in [0.2, 0.25) is 0 Å². The molecule has 0 aliphatic carbocycles. The summed E-state index contributed by atoms with van der Waals surface area (Å²) in [6, 6.07) is 10.6. The van der Waals surface area contributed by atoms with Gasteiger partial charge in [0, 0.05) is 31.3 Å². The van der Waals surface area contributed by atoms with E-state index in [1.165, 1.54) is 5.56 Å². The quantitative estimate of drug-likeness (QED) is 0.661. The minimum absolute atomic E-state index is 0.176. The summed E-state index contributed by atoms with van der Waals surface area (Å²) >= 11 is 0. The number of piperidine rings is 1. The van der Waals surface area contributed by atoms with Gasteiger partial charge in [-0.1, -0.05) is 42.4 Å². The molecule has 1 aromatic rings. The molecule has 0 saturated carbocycles. The van der Waals surface area contributed by atoms with Crippen LogP contribution in [0.25, 0.3) is 0 Å². The van der Waals surface area contributed by atoms with Crippen molar-refractivity contribution in [3.05, 3.63) is 35.9 Å². The van der Waals surface area contributed by atoms with Gasteiger partial charge in [0.1, 0.15) is 0 Å². The molecule has 2 aliphatic rings. The second-order valence-corrected chi connectivity index (χ2v) is 6.10. The second-order valence-electron chi connectivity index (χ2n) is 6.10. The van der Waals surface area contributed by atoms with E-state index in [1.807, 2.05) is 0 Å². The van der Waals surface area contributed by atoms with Gasteiger partial charge in [-0.3, -0.25) is 0 Å². The van der Waals surface area contributed by atoms with Gasteiger partial charge in [0.25, 0.3) is 0 Å². The predicted molar refractivity (Wildman–Crippen MR) is 82.8 cm³/mol. The molecule has 3 unspecified atom stereocenters. The van der Waals surface area contributed by atoms with E-state index in [1.54, 1.807) is 0 Å². The lowest BCUT2D eigenvalue weighted by atomic mass is 9.66. The van der Waals surface area contributed by atoms with E-state index in [0.29, 0.717) is 5.92 Å². The standard InChI is InChI=1S/C17H24N2O2/c1-2-17(15-11-18-9-8-16(15)19-20)14(12-21-17)10-13-6-4-3-5-7-13/h3-7,14-15,18,20H,2,8-12H2,1H3. The van der Waals surface area contributed by atoms with Gasteiger partial charge in [0.05, 0.1) is 17.9 Å². The highest BCUT2D eigenvalue weighted by molar-refractivity contribution is 5.88. The predicted octanol–water partition coefficient (Wildman–Crippen LogP) is 2.46. The van der Waals surface area contributed by atoms with Crippen LogP contribution in [0, 0.1) is 11.8 Å². The van der Waals surface area contributed by atoms with Gasteiger partial charge in [-0.25, -0.2) is 0 Å². The zero-order valence-corrected chi connectivity index (χ0v) is 12.6. The zero-order valence-electron chi connectivity index (χ0n) is 12.6. The van der Waals surface area contributed by atoms with Crippen LogP contribution in [0.15, 0.2) is 35.5 Å². The van der Waals surface area contributed by atoms with Crippen molar-refractivity contribution < 1.29 is 9.94 Å². The Morgan fingerprint density at radius 2 is 2.19 bits per heavy atom. The van der Waals surface area contributed by atoms with Crippen molar-refractivity contribution in [1.29, 1.82) is 0 Å². The molecule has 2 saturated heterocycles. The summed E-state index contributed by atoms with van der Waals surface area (Å²) in [5, 5.41) is 16.3. The third kappa shape index (κ3) is 2.58. The lowest BCUT2D eigenvalue weighted by Crippen LogP contribution is -2.64. The van der Waals surface area contributed by atoms with Gasteiger partial charge in [-0.15, -0.1) is 0 Å².